The number of hydrogen-bond donors (Lipinski definition) is 2. The second kappa shape index (κ2) is 14.6. The highest BCUT2D eigenvalue weighted by Gasteiger charge is 2.40. The monoisotopic (exact) mass is 629 g/mol. The van der Waals surface area contributed by atoms with E-state index < -0.39 is 47.9 Å². The van der Waals surface area contributed by atoms with E-state index in [1.165, 1.54) is 17.7 Å². The van der Waals surface area contributed by atoms with E-state index in [9.17, 15) is 19.2 Å². The molecule has 13 heteroatoms. The highest BCUT2D eigenvalue weighted by molar-refractivity contribution is 5.66. The van der Waals surface area contributed by atoms with Crippen LogP contribution >= 0.6 is 0 Å². The molecule has 0 saturated carbocycles. The van der Waals surface area contributed by atoms with E-state index in [-0.39, 0.29) is 19.6 Å². The average molecular weight is 630 g/mol. The van der Waals surface area contributed by atoms with Gasteiger partial charge in [0.25, 0.3) is 5.56 Å². The summed E-state index contributed by atoms with van der Waals surface area (Å²) in [6.07, 6.45) is -1.25. The predicted octanol–water partition coefficient (Wildman–Crippen LogP) is 3.64. The van der Waals surface area contributed by atoms with Crippen LogP contribution in [0.15, 0.2) is 94.8 Å². The van der Waals surface area contributed by atoms with Gasteiger partial charge in [-0.1, -0.05) is 60.7 Å². The number of esters is 1. The molecule has 1 fully saturated rings. The lowest BCUT2D eigenvalue weighted by molar-refractivity contribution is -0.150. The van der Waals surface area contributed by atoms with Crippen molar-refractivity contribution in [2.75, 3.05) is 23.8 Å². The number of anilines is 2. The molecule has 2 aromatic carbocycles. The van der Waals surface area contributed by atoms with Crippen LogP contribution in [0.4, 0.5) is 16.3 Å². The lowest BCUT2D eigenvalue weighted by Crippen LogP contribution is -2.34. The normalized spacial score (nSPS) is 18.0. The summed E-state index contributed by atoms with van der Waals surface area (Å²) in [5.74, 6) is 0.0359. The van der Waals surface area contributed by atoms with Crippen molar-refractivity contribution >= 4 is 23.6 Å². The first-order chi connectivity index (χ1) is 22.2. The molecule has 1 saturated heterocycles. The van der Waals surface area contributed by atoms with E-state index in [4.69, 9.17) is 24.7 Å². The van der Waals surface area contributed by atoms with Gasteiger partial charge in [-0.25, -0.2) is 14.6 Å². The maximum Gasteiger partial charge on any atom is 0.509 e. The number of H-pyrrole nitrogens is 1. The Hall–Kier alpha value is -5.43. The van der Waals surface area contributed by atoms with Gasteiger partial charge in [-0.2, -0.15) is 0 Å². The van der Waals surface area contributed by atoms with Crippen molar-refractivity contribution in [3.63, 3.8) is 0 Å². The topological polar surface area (TPSA) is 168 Å². The molecular weight excluding hydrogens is 594 g/mol. The van der Waals surface area contributed by atoms with Crippen LogP contribution in [-0.2, 0) is 30.3 Å². The number of hydrogen-bond acceptors (Lipinski definition) is 11. The van der Waals surface area contributed by atoms with Gasteiger partial charge >= 0.3 is 17.8 Å². The summed E-state index contributed by atoms with van der Waals surface area (Å²) < 4.78 is 24.0. The second-order valence-electron chi connectivity index (χ2n) is 10.9. The number of ether oxygens (including phenoxy) is 4. The van der Waals surface area contributed by atoms with Crippen molar-refractivity contribution in [3.8, 4) is 0 Å². The molecule has 13 nitrogen and oxygen atoms in total. The van der Waals surface area contributed by atoms with Crippen molar-refractivity contribution < 1.29 is 28.5 Å². The molecule has 0 bridgehead atoms. The Balaban J connectivity index is 1.32. The summed E-state index contributed by atoms with van der Waals surface area (Å²) in [5, 5.41) is 0. The number of nitrogens with zero attached hydrogens (tertiary/aromatic N) is 3. The van der Waals surface area contributed by atoms with Gasteiger partial charge in [0.1, 0.15) is 37.0 Å². The minimum absolute atomic E-state index is 0.0995. The van der Waals surface area contributed by atoms with Crippen molar-refractivity contribution in [3.05, 3.63) is 123 Å². The van der Waals surface area contributed by atoms with Gasteiger partial charge in [0.2, 0.25) is 0 Å². The van der Waals surface area contributed by atoms with Crippen molar-refractivity contribution in [2.45, 2.75) is 51.4 Å². The molecule has 3 N–H and O–H groups in total. The number of benzene rings is 2. The van der Waals surface area contributed by atoms with Crippen LogP contribution < -0.4 is 21.9 Å². The average Bonchev–Trinajstić information content (AvgIpc) is 3.43. The molecule has 0 aliphatic carbocycles. The highest BCUT2D eigenvalue weighted by atomic mass is 16.7. The maximum atomic E-state index is 13.2. The van der Waals surface area contributed by atoms with E-state index in [2.05, 4.69) is 9.97 Å². The highest BCUT2D eigenvalue weighted by Crippen LogP contribution is 2.31. The number of carbonyl (C=O) groups is 2. The van der Waals surface area contributed by atoms with Gasteiger partial charge in [0, 0.05) is 49.6 Å². The number of nitrogen functional groups attached to an aromatic ring is 1. The minimum Gasteiger partial charge on any atom is -0.459 e. The molecule has 4 aromatic rings. The summed E-state index contributed by atoms with van der Waals surface area (Å²) in [4.78, 5) is 58.0. The number of rotatable bonds is 11. The molecule has 4 atom stereocenters. The Morgan fingerprint density at radius 3 is 2.52 bits per heavy atom. The van der Waals surface area contributed by atoms with Gasteiger partial charge in [-0.05, 0) is 24.1 Å². The predicted molar refractivity (Wildman–Crippen MR) is 168 cm³/mol. The Kier molecular flexibility index (Phi) is 10.1. The molecule has 0 radical (unpaired) electrons. The SMILES string of the molecule is CC(=O)O[C@H]1C[C@H](n2cc(C)c(=O)[nH]c2=O)O[C@@H]1COC(=O)OC(CN(Cc1ccccc1)c1cc(N)ccn1)c1ccccc1. The lowest BCUT2D eigenvalue weighted by Gasteiger charge is -2.29. The minimum atomic E-state index is -0.972. The molecule has 46 heavy (non-hydrogen) atoms. The molecule has 240 valence electrons. The van der Waals surface area contributed by atoms with Crippen LogP contribution in [0.1, 0.15) is 42.4 Å². The van der Waals surface area contributed by atoms with Crippen molar-refractivity contribution in [1.29, 1.82) is 0 Å². The third-order valence-corrected chi connectivity index (χ3v) is 7.43. The molecule has 0 spiro atoms. The molecule has 2 aromatic heterocycles. The molecular formula is C33H35N5O8. The van der Waals surface area contributed by atoms with Gasteiger partial charge in [0.05, 0.1) is 6.54 Å². The van der Waals surface area contributed by atoms with Crippen LogP contribution in [0.3, 0.4) is 0 Å². The third-order valence-electron chi connectivity index (χ3n) is 7.43. The van der Waals surface area contributed by atoms with Gasteiger partial charge in [0.15, 0.2) is 0 Å². The zero-order chi connectivity index (χ0) is 32.6. The number of nitrogens with two attached hydrogens (primary N) is 1. The van der Waals surface area contributed by atoms with E-state index in [0.29, 0.717) is 23.6 Å². The number of aromatic nitrogens is 3. The van der Waals surface area contributed by atoms with E-state index >= 15 is 0 Å². The first kappa shape index (κ1) is 32.0. The number of carbonyl (C=O) groups excluding carboxylic acids is 2. The van der Waals surface area contributed by atoms with E-state index in [1.807, 2.05) is 65.6 Å². The van der Waals surface area contributed by atoms with Crippen LogP contribution in [0.25, 0.3) is 0 Å². The van der Waals surface area contributed by atoms with Crippen LogP contribution in [0.5, 0.6) is 0 Å². The molecule has 1 unspecified atom stereocenters. The summed E-state index contributed by atoms with van der Waals surface area (Å²) in [7, 11) is 0. The Labute approximate surface area is 264 Å². The molecule has 1 aliphatic heterocycles. The van der Waals surface area contributed by atoms with E-state index in [1.54, 1.807) is 25.3 Å². The van der Waals surface area contributed by atoms with Crippen molar-refractivity contribution in [1.82, 2.24) is 14.5 Å². The quantitative estimate of drug-likeness (QED) is 0.232. The standard InChI is InChI=1S/C33H35N5O8/c1-21-17-38(32(41)36-31(21)40)30-16-26(44-22(2)39)28(45-30)20-43-33(42)46-27(24-11-7-4-8-12-24)19-37(18-23-9-5-3-6-10-23)29-15-25(34)13-14-35-29/h3-15,17,26-28,30H,16,18-20H2,1-2H3,(H2,34,35)(H,36,40,41)/t26-,27?,28+,30+/m0/s1. The zero-order valence-corrected chi connectivity index (χ0v) is 25.4. The Morgan fingerprint density at radius 1 is 1.11 bits per heavy atom. The van der Waals surface area contributed by atoms with Crippen LogP contribution in [0, 0.1) is 6.92 Å². The number of aromatic amines is 1. The molecule has 5 rings (SSSR count). The van der Waals surface area contributed by atoms with Gasteiger partial charge in [-0.3, -0.25) is 19.1 Å². The second-order valence-corrected chi connectivity index (χ2v) is 10.9. The summed E-state index contributed by atoms with van der Waals surface area (Å²) in [6.45, 7) is 3.16. The lowest BCUT2D eigenvalue weighted by atomic mass is 10.1. The maximum absolute atomic E-state index is 13.2. The summed E-state index contributed by atoms with van der Waals surface area (Å²) in [6, 6.07) is 22.5. The fourth-order valence-corrected chi connectivity index (χ4v) is 5.19. The summed E-state index contributed by atoms with van der Waals surface area (Å²) >= 11 is 0. The molecule has 3 heterocycles. The smallest absolute Gasteiger partial charge is 0.459 e. The zero-order valence-electron chi connectivity index (χ0n) is 25.4. The number of pyridine rings is 1. The third kappa shape index (κ3) is 8.18. The number of nitrogens with one attached hydrogen (secondary N) is 1. The Morgan fingerprint density at radius 2 is 1.83 bits per heavy atom. The summed E-state index contributed by atoms with van der Waals surface area (Å²) in [5.41, 5.74) is 7.46. The fraction of sp³-hybridized carbons (Fsp3) is 0.303. The van der Waals surface area contributed by atoms with Crippen LogP contribution in [0.2, 0.25) is 0 Å². The largest absolute Gasteiger partial charge is 0.509 e. The van der Waals surface area contributed by atoms with Gasteiger partial charge < -0.3 is 29.6 Å². The first-order valence-corrected chi connectivity index (χ1v) is 14.7. The molecule has 1 aliphatic rings. The van der Waals surface area contributed by atoms with Crippen LogP contribution in [-0.4, -0.2) is 52.0 Å². The fourth-order valence-electron chi connectivity index (χ4n) is 5.19. The number of aryl methyl sites for hydroxylation is 1. The van der Waals surface area contributed by atoms with Gasteiger partial charge in [-0.15, -0.1) is 0 Å². The molecule has 0 amide bonds. The van der Waals surface area contributed by atoms with Crippen molar-refractivity contribution in [2.24, 2.45) is 0 Å². The first-order valence-electron chi connectivity index (χ1n) is 14.7. The Bertz CT molecular complexity index is 1760. The van der Waals surface area contributed by atoms with E-state index in [0.717, 1.165) is 11.1 Å².